The lowest BCUT2D eigenvalue weighted by Crippen LogP contribution is -2.60. The molecular weight excluding hydrogens is 306 g/mol. The van der Waals surface area contributed by atoms with Crippen molar-refractivity contribution in [2.45, 2.75) is 51.0 Å². The molecule has 4 bridgehead atoms. The number of alkyl carbamates (subject to hydrolysis) is 1. The first-order valence-corrected chi connectivity index (χ1v) is 8.71. The van der Waals surface area contributed by atoms with Gasteiger partial charge in [-0.05, 0) is 56.3 Å². The van der Waals surface area contributed by atoms with Crippen molar-refractivity contribution in [1.82, 2.24) is 5.32 Å². The summed E-state index contributed by atoms with van der Waals surface area (Å²) in [6.07, 6.45) is 7.55. The van der Waals surface area contributed by atoms with Gasteiger partial charge in [0.05, 0.1) is 6.61 Å². The Morgan fingerprint density at radius 2 is 1.79 bits per heavy atom. The molecule has 4 aliphatic carbocycles. The normalized spacial score (nSPS) is 41.1. The molecule has 0 radical (unpaired) electrons. The van der Waals surface area contributed by atoms with Gasteiger partial charge < -0.3 is 10.1 Å². The number of ether oxygens (including phenoxy) is 1. The lowest BCUT2D eigenvalue weighted by atomic mass is 9.53. The van der Waals surface area contributed by atoms with Crippen molar-refractivity contribution in [3.05, 3.63) is 0 Å². The molecule has 4 fully saturated rings. The van der Waals surface area contributed by atoms with E-state index in [1.165, 1.54) is 38.5 Å². The van der Waals surface area contributed by atoms with Crippen LogP contribution in [0.1, 0.15) is 45.4 Å². The van der Waals surface area contributed by atoms with Gasteiger partial charge in [0, 0.05) is 16.8 Å². The minimum absolute atomic E-state index is 0.0729. The van der Waals surface area contributed by atoms with E-state index >= 15 is 0 Å². The van der Waals surface area contributed by atoms with Gasteiger partial charge in [-0.15, -0.1) is 0 Å². The summed E-state index contributed by atoms with van der Waals surface area (Å²) in [7, 11) is 0. The molecule has 3 nitrogen and oxygen atoms in total. The fraction of sp³-hybridized carbons (Fsp3) is 0.933. The molecule has 0 aromatic rings. The van der Waals surface area contributed by atoms with Crippen molar-refractivity contribution in [3.8, 4) is 0 Å². The van der Waals surface area contributed by atoms with Crippen molar-refractivity contribution < 1.29 is 9.53 Å². The Labute approximate surface area is 124 Å². The molecule has 0 heterocycles. The average Bonchev–Trinajstić information content (AvgIpc) is 2.33. The summed E-state index contributed by atoms with van der Waals surface area (Å²) >= 11 is 3.41. The molecule has 4 saturated carbocycles. The Hall–Kier alpha value is -0.250. The van der Waals surface area contributed by atoms with Gasteiger partial charge in [-0.25, -0.2) is 4.79 Å². The number of halogens is 1. The Balaban J connectivity index is 1.56. The maximum atomic E-state index is 12.0. The standard InChI is InChI=1S/C15H24BrNO2/c1-10(8-16)9-19-14(18)17-15-5-11-2-12(6-15)4-13(3-11)7-15/h10-13H,2-9H2,1H3,(H,17,18). The third-order valence-electron chi connectivity index (χ3n) is 5.17. The monoisotopic (exact) mass is 329 g/mol. The first-order valence-electron chi connectivity index (χ1n) is 7.59. The molecule has 1 unspecified atom stereocenters. The fourth-order valence-electron chi connectivity index (χ4n) is 4.78. The highest BCUT2D eigenvalue weighted by Crippen LogP contribution is 2.55. The van der Waals surface area contributed by atoms with E-state index in [-0.39, 0.29) is 11.6 Å². The summed E-state index contributed by atoms with van der Waals surface area (Å²) in [6, 6.07) is 0. The number of carbonyl (C=O) groups excluding carboxylic acids is 1. The van der Waals surface area contributed by atoms with E-state index in [0.717, 1.165) is 23.1 Å². The van der Waals surface area contributed by atoms with Crippen molar-refractivity contribution in [3.63, 3.8) is 0 Å². The zero-order chi connectivity index (χ0) is 13.5. The second kappa shape index (κ2) is 5.27. The molecule has 108 valence electrons. The highest BCUT2D eigenvalue weighted by Gasteiger charge is 2.51. The van der Waals surface area contributed by atoms with Crippen molar-refractivity contribution in [2.24, 2.45) is 23.7 Å². The first-order chi connectivity index (χ1) is 9.08. The molecule has 4 rings (SSSR count). The Morgan fingerprint density at radius 1 is 1.26 bits per heavy atom. The molecule has 0 saturated heterocycles. The van der Waals surface area contributed by atoms with Crippen LogP contribution in [0, 0.1) is 23.7 Å². The third-order valence-corrected chi connectivity index (χ3v) is 6.27. The summed E-state index contributed by atoms with van der Waals surface area (Å²) in [5.41, 5.74) is 0.0729. The molecule has 0 aromatic heterocycles. The van der Waals surface area contributed by atoms with Crippen LogP contribution in [0.5, 0.6) is 0 Å². The second-order valence-corrected chi connectivity index (χ2v) is 7.83. The fourth-order valence-corrected chi connectivity index (χ4v) is 4.97. The van der Waals surface area contributed by atoms with Gasteiger partial charge >= 0.3 is 6.09 Å². The number of hydrogen-bond acceptors (Lipinski definition) is 2. The highest BCUT2D eigenvalue weighted by atomic mass is 79.9. The van der Waals surface area contributed by atoms with E-state index in [9.17, 15) is 4.79 Å². The highest BCUT2D eigenvalue weighted by molar-refractivity contribution is 9.09. The predicted molar refractivity (Wildman–Crippen MR) is 78.3 cm³/mol. The maximum absolute atomic E-state index is 12.0. The third kappa shape index (κ3) is 2.93. The van der Waals surface area contributed by atoms with Crippen molar-refractivity contribution >= 4 is 22.0 Å². The summed E-state index contributed by atoms with van der Waals surface area (Å²) in [4.78, 5) is 12.0. The van der Waals surface area contributed by atoms with Crippen LogP contribution in [0.25, 0.3) is 0 Å². The van der Waals surface area contributed by atoms with E-state index in [1.54, 1.807) is 0 Å². The van der Waals surface area contributed by atoms with Gasteiger partial charge in [-0.3, -0.25) is 0 Å². The molecule has 19 heavy (non-hydrogen) atoms. The van der Waals surface area contributed by atoms with E-state index < -0.39 is 0 Å². The maximum Gasteiger partial charge on any atom is 0.407 e. The SMILES string of the molecule is CC(CBr)COC(=O)NC12CC3CC(CC(C3)C1)C2. The van der Waals surface area contributed by atoms with Crippen LogP contribution < -0.4 is 5.32 Å². The van der Waals surface area contributed by atoms with Crippen LogP contribution in [0.4, 0.5) is 4.79 Å². The van der Waals surface area contributed by atoms with E-state index in [4.69, 9.17) is 4.74 Å². The van der Waals surface area contributed by atoms with Gasteiger partial charge in [0.15, 0.2) is 0 Å². The van der Waals surface area contributed by atoms with Gasteiger partial charge in [-0.1, -0.05) is 22.9 Å². The predicted octanol–water partition coefficient (Wildman–Crippen LogP) is 3.71. The van der Waals surface area contributed by atoms with Crippen LogP contribution in [-0.4, -0.2) is 23.6 Å². The minimum atomic E-state index is -0.199. The molecule has 1 amide bonds. The quantitative estimate of drug-likeness (QED) is 0.798. The Bertz CT molecular complexity index is 323. The zero-order valence-corrected chi connectivity index (χ0v) is 13.2. The lowest BCUT2D eigenvalue weighted by molar-refractivity contribution is -0.0196. The molecule has 0 aliphatic heterocycles. The first kappa shape index (κ1) is 13.7. The van der Waals surface area contributed by atoms with Gasteiger partial charge in [0.25, 0.3) is 0 Å². The Kier molecular flexibility index (Phi) is 3.80. The number of carbonyl (C=O) groups is 1. The summed E-state index contributed by atoms with van der Waals surface area (Å²) in [5.74, 6) is 2.94. The molecular formula is C15H24BrNO2. The van der Waals surface area contributed by atoms with E-state index in [1.807, 2.05) is 0 Å². The van der Waals surface area contributed by atoms with E-state index in [2.05, 4.69) is 28.2 Å². The summed E-state index contributed by atoms with van der Waals surface area (Å²) in [6.45, 7) is 2.58. The lowest BCUT2D eigenvalue weighted by Gasteiger charge is -2.56. The summed E-state index contributed by atoms with van der Waals surface area (Å²) in [5, 5.41) is 4.10. The molecule has 4 heteroatoms. The number of hydrogen-bond donors (Lipinski definition) is 1. The number of alkyl halides is 1. The van der Waals surface area contributed by atoms with Crippen molar-refractivity contribution in [1.29, 1.82) is 0 Å². The van der Waals surface area contributed by atoms with Crippen LogP contribution in [0.3, 0.4) is 0 Å². The average molecular weight is 330 g/mol. The zero-order valence-electron chi connectivity index (χ0n) is 11.7. The molecule has 4 aliphatic rings. The molecule has 1 atom stereocenters. The number of amides is 1. The van der Waals surface area contributed by atoms with Crippen LogP contribution in [0.2, 0.25) is 0 Å². The minimum Gasteiger partial charge on any atom is -0.449 e. The molecule has 0 aromatic carbocycles. The summed E-state index contributed by atoms with van der Waals surface area (Å²) < 4.78 is 5.35. The van der Waals surface area contributed by atoms with Crippen LogP contribution in [-0.2, 0) is 4.74 Å². The van der Waals surface area contributed by atoms with Gasteiger partial charge in [0.2, 0.25) is 0 Å². The van der Waals surface area contributed by atoms with Crippen LogP contribution in [0.15, 0.2) is 0 Å². The second-order valence-electron chi connectivity index (χ2n) is 7.18. The Morgan fingerprint density at radius 3 is 2.26 bits per heavy atom. The largest absolute Gasteiger partial charge is 0.449 e. The topological polar surface area (TPSA) is 38.3 Å². The molecule has 0 spiro atoms. The van der Waals surface area contributed by atoms with Gasteiger partial charge in [0.1, 0.15) is 0 Å². The smallest absolute Gasteiger partial charge is 0.407 e. The molecule has 1 N–H and O–H groups in total. The van der Waals surface area contributed by atoms with Gasteiger partial charge in [-0.2, -0.15) is 0 Å². The van der Waals surface area contributed by atoms with Crippen LogP contribution >= 0.6 is 15.9 Å². The van der Waals surface area contributed by atoms with Crippen molar-refractivity contribution in [2.75, 3.05) is 11.9 Å². The number of rotatable bonds is 4. The van der Waals surface area contributed by atoms with E-state index in [0.29, 0.717) is 12.5 Å². The number of nitrogens with one attached hydrogen (secondary N) is 1.